The highest BCUT2D eigenvalue weighted by molar-refractivity contribution is 5.92. The standard InChI is InChI=1S/C22H24N6O/c1-2-3-13-28-18-6-4-9-25-20(18)27-12-5-7-19(27)22(28)8-14-26(16-22)21(29)17-15-23-10-11-24-17/h4-7,9-12,15H,2-3,8,13-14,16H2,1H3/t22-/m0/s1. The van der Waals surface area contributed by atoms with E-state index in [0.29, 0.717) is 18.8 Å². The molecule has 5 heterocycles. The van der Waals surface area contributed by atoms with Crippen molar-refractivity contribution in [3.05, 3.63) is 66.6 Å². The van der Waals surface area contributed by atoms with Gasteiger partial charge >= 0.3 is 0 Å². The maximum Gasteiger partial charge on any atom is 0.274 e. The second kappa shape index (κ2) is 6.99. The normalized spacial score (nSPS) is 20.0. The zero-order chi connectivity index (χ0) is 19.8. The Labute approximate surface area is 170 Å². The lowest BCUT2D eigenvalue weighted by atomic mass is 9.88. The zero-order valence-electron chi connectivity index (χ0n) is 16.5. The van der Waals surface area contributed by atoms with E-state index in [-0.39, 0.29) is 11.4 Å². The van der Waals surface area contributed by atoms with Gasteiger partial charge in [-0.05, 0) is 37.1 Å². The summed E-state index contributed by atoms with van der Waals surface area (Å²) < 4.78 is 2.19. The summed E-state index contributed by atoms with van der Waals surface area (Å²) in [5.41, 5.74) is 2.48. The molecule has 1 amide bonds. The third-order valence-electron chi connectivity index (χ3n) is 6.08. The summed E-state index contributed by atoms with van der Waals surface area (Å²) in [6.45, 7) is 4.47. The maximum atomic E-state index is 13.1. The molecule has 3 aromatic heterocycles. The predicted molar refractivity (Wildman–Crippen MR) is 110 cm³/mol. The van der Waals surface area contributed by atoms with Crippen molar-refractivity contribution in [2.75, 3.05) is 24.5 Å². The van der Waals surface area contributed by atoms with Crippen LogP contribution >= 0.6 is 0 Å². The summed E-state index contributed by atoms with van der Waals surface area (Å²) in [6.07, 6.45) is 11.7. The van der Waals surface area contributed by atoms with Crippen molar-refractivity contribution in [3.8, 4) is 5.82 Å². The molecule has 7 nitrogen and oxygen atoms in total. The van der Waals surface area contributed by atoms with Gasteiger partial charge in [-0.15, -0.1) is 0 Å². The molecule has 5 rings (SSSR count). The molecule has 0 unspecified atom stereocenters. The molecule has 3 aromatic rings. The number of carbonyl (C=O) groups is 1. The van der Waals surface area contributed by atoms with Crippen LogP contribution in [0.2, 0.25) is 0 Å². The summed E-state index contributed by atoms with van der Waals surface area (Å²) in [4.78, 5) is 30.4. The highest BCUT2D eigenvalue weighted by Crippen LogP contribution is 2.47. The molecule has 0 bridgehead atoms. The first kappa shape index (κ1) is 17.8. The van der Waals surface area contributed by atoms with Crippen LogP contribution in [0.5, 0.6) is 0 Å². The topological polar surface area (TPSA) is 67.2 Å². The van der Waals surface area contributed by atoms with Gasteiger partial charge in [0.05, 0.1) is 17.6 Å². The van der Waals surface area contributed by atoms with E-state index in [1.165, 1.54) is 5.69 Å². The average molecular weight is 388 g/mol. The molecule has 0 radical (unpaired) electrons. The number of aromatic nitrogens is 4. The minimum atomic E-state index is -0.257. The van der Waals surface area contributed by atoms with Gasteiger partial charge in [-0.25, -0.2) is 9.97 Å². The van der Waals surface area contributed by atoms with Crippen LogP contribution in [0, 0.1) is 0 Å². The van der Waals surface area contributed by atoms with Crippen LogP contribution in [-0.2, 0) is 5.54 Å². The van der Waals surface area contributed by atoms with Gasteiger partial charge in [0, 0.05) is 44.4 Å². The molecule has 0 aromatic carbocycles. The van der Waals surface area contributed by atoms with Crippen LogP contribution in [0.15, 0.2) is 55.2 Å². The second-order valence-electron chi connectivity index (χ2n) is 7.71. The van der Waals surface area contributed by atoms with E-state index in [9.17, 15) is 4.79 Å². The van der Waals surface area contributed by atoms with Crippen molar-refractivity contribution in [3.63, 3.8) is 0 Å². The van der Waals surface area contributed by atoms with E-state index in [1.54, 1.807) is 18.6 Å². The van der Waals surface area contributed by atoms with Crippen molar-refractivity contribution >= 4 is 11.6 Å². The highest BCUT2D eigenvalue weighted by atomic mass is 16.2. The monoisotopic (exact) mass is 388 g/mol. The van der Waals surface area contributed by atoms with Crippen LogP contribution in [0.3, 0.4) is 0 Å². The lowest BCUT2D eigenvalue weighted by Gasteiger charge is -2.47. The first-order chi connectivity index (χ1) is 14.2. The largest absolute Gasteiger partial charge is 0.355 e. The Kier molecular flexibility index (Phi) is 4.30. The van der Waals surface area contributed by atoms with E-state index in [1.807, 2.05) is 17.2 Å². The van der Waals surface area contributed by atoms with Crippen LogP contribution in [0.1, 0.15) is 42.4 Å². The van der Waals surface area contributed by atoms with Gasteiger partial charge in [0.1, 0.15) is 11.2 Å². The molecule has 0 saturated carbocycles. The Morgan fingerprint density at radius 2 is 2.10 bits per heavy atom. The number of hydrogen-bond acceptors (Lipinski definition) is 5. The SMILES string of the molecule is CCCCN1c2cccnc2-n2cccc2[C@@]12CCN(C(=O)c1cnccn1)C2. The number of amides is 1. The molecule has 1 saturated heterocycles. The van der Waals surface area contributed by atoms with Gasteiger partial charge in [-0.2, -0.15) is 0 Å². The molecule has 1 spiro atoms. The number of carbonyl (C=O) groups excluding carboxylic acids is 1. The van der Waals surface area contributed by atoms with Gasteiger partial charge in [-0.3, -0.25) is 9.78 Å². The molecular formula is C22H24N6O. The second-order valence-corrected chi connectivity index (χ2v) is 7.71. The van der Waals surface area contributed by atoms with Crippen LogP contribution in [0.25, 0.3) is 5.82 Å². The van der Waals surface area contributed by atoms with E-state index in [0.717, 1.165) is 37.3 Å². The molecule has 2 aliphatic rings. The molecule has 1 atom stereocenters. The van der Waals surface area contributed by atoms with Gasteiger partial charge < -0.3 is 14.4 Å². The first-order valence-corrected chi connectivity index (χ1v) is 10.2. The van der Waals surface area contributed by atoms with E-state index >= 15 is 0 Å². The molecule has 0 N–H and O–H groups in total. The third kappa shape index (κ3) is 2.72. The lowest BCUT2D eigenvalue weighted by Crippen LogP contribution is -2.53. The van der Waals surface area contributed by atoms with Crippen LogP contribution < -0.4 is 4.90 Å². The Morgan fingerprint density at radius 3 is 2.93 bits per heavy atom. The predicted octanol–water partition coefficient (Wildman–Crippen LogP) is 3.02. The molecule has 2 aliphatic heterocycles. The third-order valence-corrected chi connectivity index (χ3v) is 6.08. The first-order valence-electron chi connectivity index (χ1n) is 10.2. The Bertz CT molecular complexity index is 1030. The number of nitrogens with zero attached hydrogens (tertiary/aromatic N) is 6. The smallest absolute Gasteiger partial charge is 0.274 e. The number of pyridine rings is 1. The number of rotatable bonds is 4. The van der Waals surface area contributed by atoms with E-state index in [2.05, 4.69) is 55.7 Å². The Hall–Kier alpha value is -3.22. The van der Waals surface area contributed by atoms with Crippen molar-refractivity contribution in [1.29, 1.82) is 0 Å². The van der Waals surface area contributed by atoms with Gasteiger partial charge in [-0.1, -0.05) is 13.3 Å². The summed E-state index contributed by atoms with van der Waals surface area (Å²) in [7, 11) is 0. The minimum absolute atomic E-state index is 0.0551. The van der Waals surface area contributed by atoms with Crippen molar-refractivity contribution in [2.24, 2.45) is 0 Å². The maximum absolute atomic E-state index is 13.1. The average Bonchev–Trinajstić information content (AvgIpc) is 3.43. The molecule has 1 fully saturated rings. The molecule has 29 heavy (non-hydrogen) atoms. The summed E-state index contributed by atoms with van der Waals surface area (Å²) in [5, 5.41) is 0. The molecule has 0 aliphatic carbocycles. The fraction of sp³-hybridized carbons (Fsp3) is 0.364. The summed E-state index contributed by atoms with van der Waals surface area (Å²) in [5.74, 6) is 0.911. The lowest BCUT2D eigenvalue weighted by molar-refractivity contribution is 0.0775. The van der Waals surface area contributed by atoms with Crippen molar-refractivity contribution < 1.29 is 4.79 Å². The van der Waals surface area contributed by atoms with Crippen LogP contribution in [-0.4, -0.2) is 50.0 Å². The molecule has 7 heteroatoms. The fourth-order valence-electron chi connectivity index (χ4n) is 4.72. The summed E-state index contributed by atoms with van der Waals surface area (Å²) in [6, 6.07) is 8.39. The zero-order valence-corrected chi connectivity index (χ0v) is 16.5. The van der Waals surface area contributed by atoms with Gasteiger partial charge in [0.15, 0.2) is 5.82 Å². The fourth-order valence-corrected chi connectivity index (χ4v) is 4.72. The van der Waals surface area contributed by atoms with E-state index in [4.69, 9.17) is 0 Å². The Balaban J connectivity index is 1.57. The highest BCUT2D eigenvalue weighted by Gasteiger charge is 2.50. The van der Waals surface area contributed by atoms with Crippen molar-refractivity contribution in [1.82, 2.24) is 24.4 Å². The summed E-state index contributed by atoms with van der Waals surface area (Å²) >= 11 is 0. The number of unbranched alkanes of at least 4 members (excludes halogenated alkanes) is 1. The minimum Gasteiger partial charge on any atom is -0.355 e. The van der Waals surface area contributed by atoms with Crippen molar-refractivity contribution in [2.45, 2.75) is 31.7 Å². The number of anilines is 1. The number of likely N-dealkylation sites (tertiary alicyclic amines) is 1. The van der Waals surface area contributed by atoms with Gasteiger partial charge in [0.2, 0.25) is 0 Å². The number of hydrogen-bond donors (Lipinski definition) is 0. The van der Waals surface area contributed by atoms with Crippen LogP contribution in [0.4, 0.5) is 5.69 Å². The van der Waals surface area contributed by atoms with E-state index < -0.39 is 0 Å². The number of fused-ring (bicyclic) bond motifs is 4. The quantitative estimate of drug-likeness (QED) is 0.687. The molecular weight excluding hydrogens is 364 g/mol. The van der Waals surface area contributed by atoms with Gasteiger partial charge in [0.25, 0.3) is 5.91 Å². The molecule has 148 valence electrons. The Morgan fingerprint density at radius 1 is 1.17 bits per heavy atom.